The highest BCUT2D eigenvalue weighted by Gasteiger charge is 2.28. The highest BCUT2D eigenvalue weighted by atomic mass is 32.2. The van der Waals surface area contributed by atoms with Gasteiger partial charge >= 0.3 is 0 Å². The first-order valence-electron chi connectivity index (χ1n) is 7.88. The number of sulfone groups is 1. The molecule has 1 fully saturated rings. The summed E-state index contributed by atoms with van der Waals surface area (Å²) in [6, 6.07) is 5.70. The molecule has 0 radical (unpaired) electrons. The Morgan fingerprint density at radius 2 is 1.96 bits per heavy atom. The van der Waals surface area contributed by atoms with Gasteiger partial charge in [-0.1, -0.05) is 6.07 Å². The number of carbonyl (C=O) groups excluding carboxylic acids is 1. The number of rotatable bonds is 5. The van der Waals surface area contributed by atoms with Gasteiger partial charge in [0.2, 0.25) is 5.91 Å². The van der Waals surface area contributed by atoms with Crippen LogP contribution in [0, 0.1) is 13.8 Å². The maximum Gasteiger partial charge on any atom is 0.222 e. The molecule has 0 bridgehead atoms. The highest BCUT2D eigenvalue weighted by molar-refractivity contribution is 7.91. The van der Waals surface area contributed by atoms with E-state index in [2.05, 4.69) is 21.7 Å². The predicted molar refractivity (Wildman–Crippen MR) is 95.8 cm³/mol. The maximum absolute atomic E-state index is 11.8. The number of aryl methyl sites for hydroxylation is 2. The summed E-state index contributed by atoms with van der Waals surface area (Å²) in [5, 5.41) is 5.72. The Morgan fingerprint density at radius 3 is 2.54 bits per heavy atom. The van der Waals surface area contributed by atoms with E-state index in [0.717, 1.165) is 16.8 Å². The van der Waals surface area contributed by atoms with Crippen molar-refractivity contribution in [3.8, 4) is 0 Å². The van der Waals surface area contributed by atoms with Crippen LogP contribution in [0.5, 0.6) is 0 Å². The van der Waals surface area contributed by atoms with Gasteiger partial charge in [0.15, 0.2) is 15.8 Å². The summed E-state index contributed by atoms with van der Waals surface area (Å²) < 4.78 is 22.7. The second-order valence-electron chi connectivity index (χ2n) is 6.19. The summed E-state index contributed by atoms with van der Waals surface area (Å²) in [7, 11) is -2.99. The Kier molecular flexibility index (Phi) is 5.82. The average molecular weight is 352 g/mol. The van der Waals surface area contributed by atoms with Gasteiger partial charge in [-0.15, -0.1) is 0 Å². The zero-order valence-electron chi connectivity index (χ0n) is 14.0. The maximum atomic E-state index is 11.8. The Balaban J connectivity index is 1.77. The van der Waals surface area contributed by atoms with Crippen molar-refractivity contribution in [3.05, 3.63) is 29.3 Å². The van der Waals surface area contributed by atoms with Crippen LogP contribution in [0.25, 0.3) is 0 Å². The highest BCUT2D eigenvalue weighted by Crippen LogP contribution is 2.13. The number of hydrogen-bond acceptors (Lipinski definition) is 4. The molecule has 0 spiro atoms. The number of anilines is 1. The molecule has 1 atom stereocenters. The van der Waals surface area contributed by atoms with Gasteiger partial charge in [-0.25, -0.2) is 8.42 Å². The van der Waals surface area contributed by atoms with Gasteiger partial charge in [0, 0.05) is 18.2 Å². The molecule has 2 rings (SSSR count). The van der Waals surface area contributed by atoms with Crippen LogP contribution < -0.4 is 16.4 Å². The lowest BCUT2D eigenvalue weighted by atomic mass is 10.1. The zero-order valence-corrected chi connectivity index (χ0v) is 14.8. The molecule has 0 aliphatic carbocycles. The molecule has 24 heavy (non-hydrogen) atoms. The second-order valence-corrected chi connectivity index (χ2v) is 8.41. The van der Waals surface area contributed by atoms with Gasteiger partial charge in [-0.05, 0) is 43.5 Å². The van der Waals surface area contributed by atoms with E-state index < -0.39 is 9.84 Å². The molecular weight excluding hydrogens is 328 g/mol. The minimum atomic E-state index is -2.99. The lowest BCUT2D eigenvalue weighted by Gasteiger charge is -2.10. The Bertz CT molecular complexity index is 723. The number of amides is 1. The van der Waals surface area contributed by atoms with Crippen molar-refractivity contribution in [2.45, 2.75) is 32.7 Å². The average Bonchev–Trinajstić information content (AvgIpc) is 2.76. The number of nitrogens with two attached hydrogens (primary N) is 1. The van der Waals surface area contributed by atoms with E-state index in [1.54, 1.807) is 0 Å². The molecule has 1 aromatic carbocycles. The molecule has 4 N–H and O–H groups in total. The number of hydrogen-bond donors (Lipinski definition) is 3. The summed E-state index contributed by atoms with van der Waals surface area (Å²) in [4.78, 5) is 15.9. The quantitative estimate of drug-likeness (QED) is 0.534. The normalized spacial score (nSPS) is 19.9. The fourth-order valence-corrected chi connectivity index (χ4v) is 4.39. The van der Waals surface area contributed by atoms with E-state index in [9.17, 15) is 13.2 Å². The van der Waals surface area contributed by atoms with Gasteiger partial charge in [0.25, 0.3) is 0 Å². The van der Waals surface area contributed by atoms with E-state index in [1.165, 1.54) is 0 Å². The minimum Gasteiger partial charge on any atom is -0.370 e. The number of carbonyl (C=O) groups is 1. The van der Waals surface area contributed by atoms with Gasteiger partial charge in [-0.2, -0.15) is 0 Å². The number of nitrogens with one attached hydrogen (secondary N) is 2. The summed E-state index contributed by atoms with van der Waals surface area (Å²) in [6.45, 7) is 4.24. The predicted octanol–water partition coefficient (Wildman–Crippen LogP) is 0.723. The molecule has 1 aliphatic heterocycles. The third kappa shape index (κ3) is 5.84. The molecule has 1 unspecified atom stereocenters. The summed E-state index contributed by atoms with van der Waals surface area (Å²) in [5.41, 5.74) is 8.92. The summed E-state index contributed by atoms with van der Waals surface area (Å²) >= 11 is 0. The van der Waals surface area contributed by atoms with E-state index >= 15 is 0 Å². The Morgan fingerprint density at radius 1 is 1.29 bits per heavy atom. The smallest absolute Gasteiger partial charge is 0.222 e. The van der Waals surface area contributed by atoms with Crippen LogP contribution in [0.4, 0.5) is 5.69 Å². The van der Waals surface area contributed by atoms with Crippen LogP contribution in [0.2, 0.25) is 0 Å². The summed E-state index contributed by atoms with van der Waals surface area (Å²) in [5.74, 6) is 0.206. The van der Waals surface area contributed by atoms with Crippen LogP contribution in [0.1, 0.15) is 24.0 Å². The number of nitrogens with zero attached hydrogens (tertiary/aromatic N) is 1. The lowest BCUT2D eigenvalue weighted by molar-refractivity contribution is -0.121. The van der Waals surface area contributed by atoms with E-state index in [0.29, 0.717) is 6.42 Å². The van der Waals surface area contributed by atoms with Crippen LogP contribution >= 0.6 is 0 Å². The molecule has 1 heterocycles. The monoisotopic (exact) mass is 352 g/mol. The largest absolute Gasteiger partial charge is 0.370 e. The number of aliphatic imine (C=N–C) groups is 1. The van der Waals surface area contributed by atoms with E-state index in [1.807, 2.05) is 26.0 Å². The lowest BCUT2D eigenvalue weighted by Crippen LogP contribution is -2.36. The van der Waals surface area contributed by atoms with E-state index in [-0.39, 0.29) is 42.4 Å². The zero-order chi connectivity index (χ0) is 17.7. The fourth-order valence-electron chi connectivity index (χ4n) is 2.72. The van der Waals surface area contributed by atoms with Crippen molar-refractivity contribution in [1.82, 2.24) is 5.32 Å². The topological polar surface area (TPSA) is 114 Å². The van der Waals surface area contributed by atoms with Crippen LogP contribution in [0.15, 0.2) is 23.2 Å². The van der Waals surface area contributed by atoms with E-state index in [4.69, 9.17) is 5.73 Å². The third-order valence-corrected chi connectivity index (χ3v) is 5.48. The van der Waals surface area contributed by atoms with Crippen molar-refractivity contribution in [2.24, 2.45) is 10.7 Å². The second kappa shape index (κ2) is 7.65. The van der Waals surface area contributed by atoms with Crippen molar-refractivity contribution >= 4 is 27.4 Å². The number of benzene rings is 1. The van der Waals surface area contributed by atoms with Crippen LogP contribution in [0.3, 0.4) is 0 Å². The summed E-state index contributed by atoms with van der Waals surface area (Å²) in [6.07, 6.45) is 0.652. The van der Waals surface area contributed by atoms with Crippen LogP contribution in [-0.4, -0.2) is 44.4 Å². The molecule has 132 valence electrons. The van der Waals surface area contributed by atoms with Gasteiger partial charge in [-0.3, -0.25) is 9.79 Å². The third-order valence-electron chi connectivity index (χ3n) is 3.71. The standard InChI is InChI=1S/C16H24N4O3S/c1-11-7-12(2)9-14(8-11)20-16(17)18-5-3-15(21)19-13-4-6-24(22,23)10-13/h7-9,13H,3-6,10H2,1-2H3,(H,19,21)(H3,17,18,20). The molecule has 0 aromatic heterocycles. The van der Waals surface area contributed by atoms with Gasteiger partial charge in [0.1, 0.15) is 0 Å². The molecule has 8 heteroatoms. The molecule has 7 nitrogen and oxygen atoms in total. The Hall–Kier alpha value is -2.09. The van der Waals surface area contributed by atoms with Gasteiger partial charge < -0.3 is 16.4 Å². The molecule has 1 aliphatic rings. The van der Waals surface area contributed by atoms with Crippen molar-refractivity contribution in [2.75, 3.05) is 23.4 Å². The molecule has 0 saturated carbocycles. The van der Waals surface area contributed by atoms with Gasteiger partial charge in [0.05, 0.1) is 18.1 Å². The molecule has 1 saturated heterocycles. The number of guanidine groups is 1. The van der Waals surface area contributed by atoms with Crippen molar-refractivity contribution < 1.29 is 13.2 Å². The first-order chi connectivity index (χ1) is 11.2. The first kappa shape index (κ1) is 18.3. The molecular formula is C16H24N4O3S. The van der Waals surface area contributed by atoms with Crippen LogP contribution in [-0.2, 0) is 14.6 Å². The van der Waals surface area contributed by atoms with Crippen molar-refractivity contribution in [3.63, 3.8) is 0 Å². The molecule has 1 aromatic rings. The molecule has 1 amide bonds. The minimum absolute atomic E-state index is 0.0262. The SMILES string of the molecule is Cc1cc(C)cc(NC(N)=NCCC(=O)NC2CCS(=O)(=O)C2)c1. The Labute approximate surface area is 142 Å². The fraction of sp³-hybridized carbons (Fsp3) is 0.500. The first-order valence-corrected chi connectivity index (χ1v) is 9.71. The van der Waals surface area contributed by atoms with Crippen molar-refractivity contribution in [1.29, 1.82) is 0 Å².